The number of benzene rings is 2. The highest BCUT2D eigenvalue weighted by Gasteiger charge is 2.46. The number of methoxy groups -OCH3 is 2. The van der Waals surface area contributed by atoms with Gasteiger partial charge in [0.1, 0.15) is 11.6 Å². The smallest absolute Gasteiger partial charge is 0.338 e. The number of allylic oxidation sites excluding steroid dienone is 2. The second kappa shape index (κ2) is 8.71. The van der Waals surface area contributed by atoms with E-state index in [0.29, 0.717) is 24.2 Å². The predicted octanol–water partition coefficient (Wildman–Crippen LogP) is 5.05. The molecule has 33 heavy (non-hydrogen) atoms. The summed E-state index contributed by atoms with van der Waals surface area (Å²) < 4.78 is 11.4. The van der Waals surface area contributed by atoms with Crippen molar-refractivity contribution in [1.82, 2.24) is 0 Å². The maximum atomic E-state index is 13.6. The van der Waals surface area contributed by atoms with Crippen LogP contribution in [0.15, 0.2) is 75.7 Å². The normalized spacial score (nSPS) is 20.0. The van der Waals surface area contributed by atoms with Crippen LogP contribution in [0.25, 0.3) is 0 Å². The summed E-state index contributed by atoms with van der Waals surface area (Å²) in [6.45, 7) is 4.15. The molecule has 2 aromatic rings. The first-order valence-electron chi connectivity index (χ1n) is 10.7. The first-order chi connectivity index (χ1) is 15.7. The van der Waals surface area contributed by atoms with Gasteiger partial charge in [0.05, 0.1) is 25.7 Å². The summed E-state index contributed by atoms with van der Waals surface area (Å²) in [5.41, 5.74) is 9.73. The number of hydrogen-bond donors (Lipinski definition) is 1. The van der Waals surface area contributed by atoms with Gasteiger partial charge in [-0.3, -0.25) is 9.69 Å². The molecule has 0 amide bonds. The maximum absolute atomic E-state index is 13.6. The molecule has 2 aliphatic rings. The first kappa shape index (κ1) is 23.1. The quantitative estimate of drug-likeness (QED) is 0.579. The van der Waals surface area contributed by atoms with Gasteiger partial charge in [0.2, 0.25) is 0 Å². The van der Waals surface area contributed by atoms with Crippen molar-refractivity contribution in [3.05, 3.63) is 81.2 Å². The summed E-state index contributed by atoms with van der Waals surface area (Å²) in [6.07, 6.45) is 1.03. The van der Waals surface area contributed by atoms with Crippen LogP contribution in [0.4, 0.5) is 5.69 Å². The molecule has 0 aromatic heterocycles. The number of hydrogen-bond acceptors (Lipinski definition) is 6. The number of ether oxygens (including phenoxy) is 2. The van der Waals surface area contributed by atoms with E-state index in [9.17, 15) is 9.59 Å². The van der Waals surface area contributed by atoms with Crippen LogP contribution in [0, 0.1) is 5.41 Å². The van der Waals surface area contributed by atoms with E-state index in [2.05, 4.69) is 29.8 Å². The van der Waals surface area contributed by atoms with Crippen molar-refractivity contribution < 1.29 is 19.1 Å². The lowest BCUT2D eigenvalue weighted by molar-refractivity contribution is -0.136. The standard InChI is InChI=1S/C26H27BrN2O4/c1-26(2)13-19-22(20(30)14-26)21(15-5-11-18(32-3)12-6-15)23(25(31)33-4)24(28)29(19)17-9-7-16(27)8-10-17/h5-12,21H,13-14,28H2,1-4H3. The van der Waals surface area contributed by atoms with Crippen molar-refractivity contribution in [3.63, 3.8) is 0 Å². The summed E-state index contributed by atoms with van der Waals surface area (Å²) in [5, 5.41) is 0. The van der Waals surface area contributed by atoms with Crippen molar-refractivity contribution >= 4 is 33.4 Å². The molecule has 172 valence electrons. The number of nitrogens with two attached hydrogens (primary N) is 1. The second-order valence-electron chi connectivity index (χ2n) is 9.11. The molecular weight excluding hydrogens is 484 g/mol. The summed E-state index contributed by atoms with van der Waals surface area (Å²) in [4.78, 5) is 28.5. The lowest BCUT2D eigenvalue weighted by Crippen LogP contribution is -2.43. The third kappa shape index (κ3) is 4.17. The molecule has 0 bridgehead atoms. The van der Waals surface area contributed by atoms with Crippen molar-refractivity contribution in [2.45, 2.75) is 32.6 Å². The molecule has 2 N–H and O–H groups in total. The molecule has 0 radical (unpaired) electrons. The van der Waals surface area contributed by atoms with Gasteiger partial charge in [0, 0.05) is 27.9 Å². The fraction of sp³-hybridized carbons (Fsp3) is 0.308. The zero-order valence-corrected chi connectivity index (χ0v) is 20.7. The van der Waals surface area contributed by atoms with E-state index in [-0.39, 0.29) is 22.6 Å². The van der Waals surface area contributed by atoms with Crippen molar-refractivity contribution in [1.29, 1.82) is 0 Å². The average molecular weight is 511 g/mol. The predicted molar refractivity (Wildman–Crippen MR) is 131 cm³/mol. The number of anilines is 1. The number of carbonyl (C=O) groups excluding carboxylic acids is 2. The second-order valence-corrected chi connectivity index (χ2v) is 10.0. The van der Waals surface area contributed by atoms with Crippen LogP contribution < -0.4 is 15.4 Å². The number of Topliss-reactive ketones (excluding diaryl/α,β-unsaturated/α-hetero) is 1. The summed E-state index contributed by atoms with van der Waals surface area (Å²) in [5.74, 6) is -0.200. The molecule has 4 rings (SSSR count). The molecule has 0 spiro atoms. The summed E-state index contributed by atoms with van der Waals surface area (Å²) in [7, 11) is 2.92. The molecule has 0 saturated carbocycles. The third-order valence-electron chi connectivity index (χ3n) is 6.20. The molecule has 6 nitrogen and oxygen atoms in total. The Hall–Kier alpha value is -3.06. The zero-order valence-electron chi connectivity index (χ0n) is 19.1. The van der Waals surface area contributed by atoms with Crippen LogP contribution in [-0.2, 0) is 14.3 Å². The van der Waals surface area contributed by atoms with Crippen molar-refractivity contribution in [2.24, 2.45) is 11.1 Å². The molecule has 0 fully saturated rings. The Kier molecular flexibility index (Phi) is 6.10. The average Bonchev–Trinajstić information content (AvgIpc) is 2.78. The third-order valence-corrected chi connectivity index (χ3v) is 6.73. The van der Waals surface area contributed by atoms with Gasteiger partial charge < -0.3 is 15.2 Å². The van der Waals surface area contributed by atoms with Crippen molar-refractivity contribution in [3.8, 4) is 5.75 Å². The van der Waals surface area contributed by atoms with Crippen LogP contribution in [0.3, 0.4) is 0 Å². The number of nitrogens with zero attached hydrogens (tertiary/aromatic N) is 1. The minimum atomic E-state index is -0.617. The molecule has 1 heterocycles. The van der Waals surface area contributed by atoms with Crippen LogP contribution in [-0.4, -0.2) is 26.0 Å². The Morgan fingerprint density at radius 2 is 1.70 bits per heavy atom. The minimum absolute atomic E-state index is 0.0121. The molecular formula is C26H27BrN2O4. The van der Waals surface area contributed by atoms with Gasteiger partial charge in [0.25, 0.3) is 0 Å². The first-order valence-corrected chi connectivity index (χ1v) is 11.5. The molecule has 0 saturated heterocycles. The van der Waals surface area contributed by atoms with Crippen LogP contribution in [0.1, 0.15) is 38.2 Å². The molecule has 1 aliphatic carbocycles. The summed E-state index contributed by atoms with van der Waals surface area (Å²) in [6, 6.07) is 15.0. The Morgan fingerprint density at radius 3 is 2.27 bits per heavy atom. The monoisotopic (exact) mass is 510 g/mol. The Bertz CT molecular complexity index is 1160. The van der Waals surface area contributed by atoms with E-state index in [1.165, 1.54) is 7.11 Å². The number of rotatable bonds is 4. The molecule has 7 heteroatoms. The van der Waals surface area contributed by atoms with Gasteiger partial charge in [-0.1, -0.05) is 41.9 Å². The highest BCUT2D eigenvalue weighted by Crippen LogP contribution is 2.50. The lowest BCUT2D eigenvalue weighted by atomic mass is 9.68. The highest BCUT2D eigenvalue weighted by atomic mass is 79.9. The topological polar surface area (TPSA) is 81.9 Å². The molecule has 1 unspecified atom stereocenters. The van der Waals surface area contributed by atoms with Crippen LogP contribution >= 0.6 is 15.9 Å². The minimum Gasteiger partial charge on any atom is -0.497 e. The van der Waals surface area contributed by atoms with E-state index in [0.717, 1.165) is 21.4 Å². The Morgan fingerprint density at radius 1 is 1.06 bits per heavy atom. The van der Waals surface area contributed by atoms with Gasteiger partial charge in [0.15, 0.2) is 5.78 Å². The van der Waals surface area contributed by atoms with Crippen LogP contribution in [0.2, 0.25) is 0 Å². The SMILES string of the molecule is COC(=O)C1=C(N)N(c2ccc(Br)cc2)C2=C(C(=O)CC(C)(C)C2)C1c1ccc(OC)cc1. The molecule has 1 aliphatic heterocycles. The zero-order chi connectivity index (χ0) is 23.9. The van der Waals surface area contributed by atoms with E-state index in [4.69, 9.17) is 15.2 Å². The van der Waals surface area contributed by atoms with E-state index in [1.807, 2.05) is 53.4 Å². The van der Waals surface area contributed by atoms with Gasteiger partial charge >= 0.3 is 5.97 Å². The lowest BCUT2D eigenvalue weighted by Gasteiger charge is -2.44. The Balaban J connectivity index is 2.00. The number of carbonyl (C=O) groups is 2. The fourth-order valence-electron chi connectivity index (χ4n) is 4.73. The van der Waals surface area contributed by atoms with Gasteiger partial charge in [-0.25, -0.2) is 4.79 Å². The van der Waals surface area contributed by atoms with Gasteiger partial charge in [-0.15, -0.1) is 0 Å². The fourth-order valence-corrected chi connectivity index (χ4v) is 5.00. The number of halogens is 1. The van der Waals surface area contributed by atoms with E-state index in [1.54, 1.807) is 7.11 Å². The van der Waals surface area contributed by atoms with Gasteiger partial charge in [-0.2, -0.15) is 0 Å². The maximum Gasteiger partial charge on any atom is 0.338 e. The number of esters is 1. The molecule has 1 atom stereocenters. The van der Waals surface area contributed by atoms with Crippen LogP contribution in [0.5, 0.6) is 5.75 Å². The van der Waals surface area contributed by atoms with E-state index >= 15 is 0 Å². The number of ketones is 1. The van der Waals surface area contributed by atoms with E-state index < -0.39 is 11.9 Å². The Labute approximate surface area is 202 Å². The summed E-state index contributed by atoms with van der Waals surface area (Å²) >= 11 is 3.47. The molecule has 2 aromatic carbocycles. The van der Waals surface area contributed by atoms with Crippen molar-refractivity contribution in [2.75, 3.05) is 19.1 Å². The largest absolute Gasteiger partial charge is 0.497 e. The van der Waals surface area contributed by atoms with Gasteiger partial charge in [-0.05, 0) is 53.8 Å². The highest BCUT2D eigenvalue weighted by molar-refractivity contribution is 9.10.